The first-order valence-electron chi connectivity index (χ1n) is 8.47. The molecule has 3 aromatic rings. The zero-order chi connectivity index (χ0) is 19.4. The van der Waals surface area contributed by atoms with Gasteiger partial charge < -0.3 is 15.2 Å². The van der Waals surface area contributed by atoms with Crippen LogP contribution in [0.5, 0.6) is 0 Å². The molecule has 2 N–H and O–H groups in total. The highest BCUT2D eigenvalue weighted by Gasteiger charge is 2.23. The Labute approximate surface area is 155 Å². The summed E-state index contributed by atoms with van der Waals surface area (Å²) in [5, 5.41) is 18.5. The van der Waals surface area contributed by atoms with E-state index in [9.17, 15) is 14.3 Å². The van der Waals surface area contributed by atoms with Crippen LogP contribution in [0.4, 0.5) is 10.2 Å². The summed E-state index contributed by atoms with van der Waals surface area (Å²) in [6, 6.07) is 5.63. The van der Waals surface area contributed by atoms with Gasteiger partial charge in [0.1, 0.15) is 30.6 Å². The largest absolute Gasteiger partial charge is 0.468 e. The second kappa shape index (κ2) is 8.09. The van der Waals surface area contributed by atoms with Crippen LogP contribution in [0.2, 0.25) is 0 Å². The Morgan fingerprint density at radius 2 is 2.15 bits per heavy atom. The number of fused-ring (bicyclic) bond motifs is 1. The van der Waals surface area contributed by atoms with E-state index in [0.717, 1.165) is 0 Å². The average Bonchev–Trinajstić information content (AvgIpc) is 3.09. The van der Waals surface area contributed by atoms with E-state index >= 15 is 0 Å². The first-order valence-corrected chi connectivity index (χ1v) is 8.47. The lowest BCUT2D eigenvalue weighted by Gasteiger charge is -2.24. The third-order valence-electron chi connectivity index (χ3n) is 4.31. The highest BCUT2D eigenvalue weighted by atomic mass is 19.1. The summed E-state index contributed by atoms with van der Waals surface area (Å²) in [5.74, 6) is -0.475. The number of benzene rings is 1. The molecule has 0 amide bonds. The van der Waals surface area contributed by atoms with E-state index in [-0.39, 0.29) is 12.1 Å². The standard InChI is InChI=1S/C18H20FN5O3/c1-3-14(16(26)11-6-4-5-7-13(11)19)23-17-12-8-22-24(9-15(25)27-2)18(12)21-10-20-17/h4-8,10,14,16,26H,3,9H2,1-2H3,(H,20,21,23)/t14-,16+/m0/s1. The molecular weight excluding hydrogens is 353 g/mol. The van der Waals surface area contributed by atoms with E-state index < -0.39 is 23.9 Å². The molecule has 3 rings (SSSR count). The van der Waals surface area contributed by atoms with Crippen molar-refractivity contribution in [3.05, 3.63) is 48.2 Å². The predicted octanol–water partition coefficient (Wildman–Crippen LogP) is 2.06. The third kappa shape index (κ3) is 3.87. The van der Waals surface area contributed by atoms with Gasteiger partial charge in [-0.05, 0) is 12.5 Å². The number of nitrogens with one attached hydrogen (secondary N) is 1. The fourth-order valence-corrected chi connectivity index (χ4v) is 2.82. The van der Waals surface area contributed by atoms with Crippen molar-refractivity contribution in [2.24, 2.45) is 0 Å². The molecule has 9 heteroatoms. The maximum absolute atomic E-state index is 14.0. The highest BCUT2D eigenvalue weighted by Crippen LogP contribution is 2.26. The van der Waals surface area contributed by atoms with Gasteiger partial charge in [0.15, 0.2) is 5.65 Å². The van der Waals surface area contributed by atoms with Gasteiger partial charge in [0.2, 0.25) is 0 Å². The predicted molar refractivity (Wildman–Crippen MR) is 96.4 cm³/mol. The van der Waals surface area contributed by atoms with Crippen molar-refractivity contribution in [1.82, 2.24) is 19.7 Å². The maximum Gasteiger partial charge on any atom is 0.327 e. The van der Waals surface area contributed by atoms with Crippen molar-refractivity contribution in [2.75, 3.05) is 12.4 Å². The molecule has 0 aliphatic rings. The van der Waals surface area contributed by atoms with E-state index in [0.29, 0.717) is 23.3 Å². The third-order valence-corrected chi connectivity index (χ3v) is 4.31. The number of rotatable bonds is 7. The molecule has 0 aliphatic heterocycles. The van der Waals surface area contributed by atoms with Gasteiger partial charge in [-0.1, -0.05) is 25.1 Å². The molecule has 27 heavy (non-hydrogen) atoms. The molecule has 2 aromatic heterocycles. The van der Waals surface area contributed by atoms with Gasteiger partial charge in [-0.3, -0.25) is 4.79 Å². The Morgan fingerprint density at radius 1 is 1.37 bits per heavy atom. The lowest BCUT2D eigenvalue weighted by atomic mass is 9.99. The molecular formula is C18H20FN5O3. The van der Waals surface area contributed by atoms with Crippen molar-refractivity contribution in [1.29, 1.82) is 0 Å². The van der Waals surface area contributed by atoms with Crippen LogP contribution in [-0.4, -0.2) is 44.0 Å². The molecule has 1 aromatic carbocycles. The molecule has 0 saturated heterocycles. The number of hydrogen-bond donors (Lipinski definition) is 2. The fourth-order valence-electron chi connectivity index (χ4n) is 2.82. The number of aromatic nitrogens is 4. The van der Waals surface area contributed by atoms with Gasteiger partial charge in [0.25, 0.3) is 0 Å². The Morgan fingerprint density at radius 3 is 2.85 bits per heavy atom. The van der Waals surface area contributed by atoms with Crippen molar-refractivity contribution < 1.29 is 19.0 Å². The summed E-state index contributed by atoms with van der Waals surface area (Å²) in [4.78, 5) is 19.9. The fraction of sp³-hybridized carbons (Fsp3) is 0.333. The van der Waals surface area contributed by atoms with Gasteiger partial charge in [-0.2, -0.15) is 5.10 Å². The van der Waals surface area contributed by atoms with Gasteiger partial charge in [-0.15, -0.1) is 0 Å². The number of hydrogen-bond acceptors (Lipinski definition) is 7. The number of carbonyl (C=O) groups excluding carboxylic acids is 1. The molecule has 2 heterocycles. The number of anilines is 1. The topological polar surface area (TPSA) is 102 Å². The molecule has 0 unspecified atom stereocenters. The molecule has 142 valence electrons. The molecule has 2 atom stereocenters. The number of halogens is 1. The van der Waals surface area contributed by atoms with Crippen LogP contribution in [-0.2, 0) is 16.1 Å². The first kappa shape index (κ1) is 18.7. The molecule has 0 radical (unpaired) electrons. The summed E-state index contributed by atoms with van der Waals surface area (Å²) < 4.78 is 20.1. The lowest BCUT2D eigenvalue weighted by Crippen LogP contribution is -2.28. The molecule has 8 nitrogen and oxygen atoms in total. The SMILES string of the molecule is CC[C@H](Nc1ncnc2c1cnn2CC(=O)OC)[C@H](O)c1ccccc1F. The van der Waals surface area contributed by atoms with E-state index in [2.05, 4.69) is 25.1 Å². The highest BCUT2D eigenvalue weighted by molar-refractivity contribution is 5.87. The minimum Gasteiger partial charge on any atom is -0.468 e. The Hall–Kier alpha value is -3.07. The summed E-state index contributed by atoms with van der Waals surface area (Å²) in [6.07, 6.45) is 2.33. The molecule has 0 saturated carbocycles. The Balaban J connectivity index is 1.88. The van der Waals surface area contributed by atoms with E-state index in [1.807, 2.05) is 6.92 Å². The first-order chi connectivity index (χ1) is 13.0. The second-order valence-electron chi connectivity index (χ2n) is 5.96. The van der Waals surface area contributed by atoms with Crippen LogP contribution >= 0.6 is 0 Å². The van der Waals surface area contributed by atoms with E-state index in [1.165, 1.54) is 30.4 Å². The number of ether oxygens (including phenoxy) is 1. The number of esters is 1. The average molecular weight is 373 g/mol. The minimum absolute atomic E-state index is 0.0779. The summed E-state index contributed by atoms with van der Waals surface area (Å²) in [6.45, 7) is 1.80. The zero-order valence-electron chi connectivity index (χ0n) is 15.0. The Kier molecular flexibility index (Phi) is 5.60. The number of nitrogens with zero attached hydrogens (tertiary/aromatic N) is 4. The monoisotopic (exact) mass is 373 g/mol. The van der Waals surface area contributed by atoms with Crippen molar-refractivity contribution in [3.63, 3.8) is 0 Å². The van der Waals surface area contributed by atoms with Crippen LogP contribution in [0.25, 0.3) is 11.0 Å². The molecule has 0 spiro atoms. The quantitative estimate of drug-likeness (QED) is 0.611. The van der Waals surface area contributed by atoms with Crippen LogP contribution in [0.1, 0.15) is 25.0 Å². The summed E-state index contributed by atoms with van der Waals surface area (Å²) in [5.41, 5.74) is 0.664. The maximum atomic E-state index is 14.0. The van der Waals surface area contributed by atoms with Crippen molar-refractivity contribution in [2.45, 2.75) is 32.0 Å². The normalized spacial score (nSPS) is 13.3. The Bertz CT molecular complexity index is 946. The van der Waals surface area contributed by atoms with Crippen LogP contribution in [0, 0.1) is 5.82 Å². The van der Waals surface area contributed by atoms with Crippen molar-refractivity contribution >= 4 is 22.8 Å². The molecule has 0 fully saturated rings. The van der Waals surface area contributed by atoms with Gasteiger partial charge in [-0.25, -0.2) is 19.0 Å². The van der Waals surface area contributed by atoms with Crippen LogP contribution in [0.3, 0.4) is 0 Å². The van der Waals surface area contributed by atoms with E-state index in [1.54, 1.807) is 18.2 Å². The smallest absolute Gasteiger partial charge is 0.327 e. The molecule has 0 aliphatic carbocycles. The van der Waals surface area contributed by atoms with Gasteiger partial charge in [0, 0.05) is 5.56 Å². The van der Waals surface area contributed by atoms with Crippen LogP contribution in [0.15, 0.2) is 36.8 Å². The van der Waals surface area contributed by atoms with E-state index in [4.69, 9.17) is 0 Å². The number of aliphatic hydroxyl groups is 1. The zero-order valence-corrected chi connectivity index (χ0v) is 15.0. The van der Waals surface area contributed by atoms with Gasteiger partial charge >= 0.3 is 5.97 Å². The molecule has 0 bridgehead atoms. The summed E-state index contributed by atoms with van der Waals surface area (Å²) in [7, 11) is 1.30. The second-order valence-corrected chi connectivity index (χ2v) is 5.96. The lowest BCUT2D eigenvalue weighted by molar-refractivity contribution is -0.141. The minimum atomic E-state index is -1.06. The number of aliphatic hydroxyl groups excluding tert-OH is 1. The van der Waals surface area contributed by atoms with Gasteiger partial charge in [0.05, 0.1) is 24.7 Å². The number of methoxy groups -OCH3 is 1. The van der Waals surface area contributed by atoms with Crippen molar-refractivity contribution in [3.8, 4) is 0 Å². The number of carbonyl (C=O) groups is 1. The summed E-state index contributed by atoms with van der Waals surface area (Å²) >= 11 is 0. The van der Waals surface area contributed by atoms with Crippen LogP contribution < -0.4 is 5.32 Å².